The summed E-state index contributed by atoms with van der Waals surface area (Å²) in [6.45, 7) is 4.28. The quantitative estimate of drug-likeness (QED) is 0.285. The summed E-state index contributed by atoms with van der Waals surface area (Å²) < 4.78 is 0. The molecule has 0 aromatic heterocycles. The molecule has 0 fully saturated rings. The predicted octanol–water partition coefficient (Wildman–Crippen LogP) is 5.56. The Hall–Kier alpha value is -2.34. The predicted molar refractivity (Wildman–Crippen MR) is 87.3 cm³/mol. The Morgan fingerprint density at radius 1 is 0.700 bits per heavy atom. The first kappa shape index (κ1) is 11.5. The number of benzene rings is 4. The lowest BCUT2D eigenvalue weighted by Gasteiger charge is -2.08. The molecule has 0 N–H and O–H groups in total. The van der Waals surface area contributed by atoms with E-state index in [4.69, 9.17) is 0 Å². The summed E-state index contributed by atoms with van der Waals surface area (Å²) in [5.74, 6) is 0. The Kier molecular flexibility index (Phi) is 2.34. The van der Waals surface area contributed by atoms with Crippen LogP contribution >= 0.6 is 0 Å². The lowest BCUT2D eigenvalue weighted by atomic mass is 9.95. The van der Waals surface area contributed by atoms with Crippen molar-refractivity contribution in [3.63, 3.8) is 0 Å². The largest absolute Gasteiger partial charge is 0.0616 e. The average Bonchev–Trinajstić information content (AvgIpc) is 2.47. The van der Waals surface area contributed by atoms with Gasteiger partial charge in [-0.15, -0.1) is 0 Å². The van der Waals surface area contributed by atoms with Crippen LogP contribution in [0.2, 0.25) is 0 Å². The average molecular weight is 255 g/mol. The number of fused-ring (bicyclic) bond motifs is 4. The Labute approximate surface area is 118 Å². The van der Waals surface area contributed by atoms with E-state index < -0.39 is 0 Å². The van der Waals surface area contributed by atoms with Crippen LogP contribution in [0.3, 0.4) is 0 Å². The molecule has 1 radical (unpaired) electrons. The van der Waals surface area contributed by atoms with E-state index in [1.807, 2.05) is 0 Å². The van der Waals surface area contributed by atoms with Crippen LogP contribution in [0, 0.1) is 19.9 Å². The molecule has 4 rings (SSSR count). The van der Waals surface area contributed by atoms with E-state index in [0.29, 0.717) is 0 Å². The third-order valence-corrected chi connectivity index (χ3v) is 4.19. The fourth-order valence-electron chi connectivity index (χ4n) is 2.92. The Morgan fingerprint density at radius 2 is 1.40 bits per heavy atom. The van der Waals surface area contributed by atoms with Crippen LogP contribution < -0.4 is 0 Å². The summed E-state index contributed by atoms with van der Waals surface area (Å²) in [7, 11) is 0. The van der Waals surface area contributed by atoms with Crippen molar-refractivity contribution in [1.29, 1.82) is 0 Å². The molecule has 0 spiro atoms. The zero-order valence-corrected chi connectivity index (χ0v) is 11.7. The topological polar surface area (TPSA) is 0 Å². The maximum Gasteiger partial charge on any atom is -0.00234 e. The highest BCUT2D eigenvalue weighted by molar-refractivity contribution is 6.12. The molecule has 0 heterocycles. The van der Waals surface area contributed by atoms with Gasteiger partial charge in [0.25, 0.3) is 0 Å². The van der Waals surface area contributed by atoms with Crippen LogP contribution in [0.15, 0.2) is 54.6 Å². The maximum atomic E-state index is 3.57. The summed E-state index contributed by atoms with van der Waals surface area (Å²) in [6.07, 6.45) is 0. The van der Waals surface area contributed by atoms with Crippen LogP contribution in [0.1, 0.15) is 11.1 Å². The van der Waals surface area contributed by atoms with Crippen LogP contribution in [-0.2, 0) is 0 Å². The minimum Gasteiger partial charge on any atom is -0.0616 e. The van der Waals surface area contributed by atoms with E-state index >= 15 is 0 Å². The zero-order valence-electron chi connectivity index (χ0n) is 11.7. The summed E-state index contributed by atoms with van der Waals surface area (Å²) in [6, 6.07) is 23.3. The van der Waals surface area contributed by atoms with Gasteiger partial charge in [0.1, 0.15) is 0 Å². The van der Waals surface area contributed by atoms with Crippen molar-refractivity contribution in [2.24, 2.45) is 0 Å². The van der Waals surface area contributed by atoms with Gasteiger partial charge in [-0.3, -0.25) is 0 Å². The molecule has 0 saturated heterocycles. The molecule has 0 aliphatic heterocycles. The van der Waals surface area contributed by atoms with Gasteiger partial charge in [-0.2, -0.15) is 0 Å². The maximum absolute atomic E-state index is 3.57. The number of hydrogen-bond donors (Lipinski definition) is 0. The molecule has 0 atom stereocenters. The number of rotatable bonds is 0. The smallest absolute Gasteiger partial charge is 0.00234 e. The normalized spacial score (nSPS) is 11.5. The standard InChI is InChI=1S/C20H15/c1-13-9-17-7-8-18-11-15-5-3-4-6-16(15)12-20(18)19(17)10-14(13)2/h3-9,11-12H,1-2H3. The monoisotopic (exact) mass is 255 g/mol. The van der Waals surface area contributed by atoms with Crippen molar-refractivity contribution in [3.05, 3.63) is 71.8 Å². The van der Waals surface area contributed by atoms with E-state index in [1.165, 1.54) is 43.4 Å². The van der Waals surface area contributed by atoms with E-state index in [2.05, 4.69) is 74.5 Å². The van der Waals surface area contributed by atoms with E-state index in [1.54, 1.807) is 0 Å². The fraction of sp³-hybridized carbons (Fsp3) is 0.100. The zero-order chi connectivity index (χ0) is 13.7. The highest BCUT2D eigenvalue weighted by Gasteiger charge is 2.05. The van der Waals surface area contributed by atoms with Crippen molar-refractivity contribution in [3.8, 4) is 0 Å². The van der Waals surface area contributed by atoms with Gasteiger partial charge in [-0.05, 0) is 75.5 Å². The van der Waals surface area contributed by atoms with Crippen molar-refractivity contribution >= 4 is 32.3 Å². The van der Waals surface area contributed by atoms with E-state index in [9.17, 15) is 0 Å². The number of aryl methyl sites for hydroxylation is 2. The second-order valence-corrected chi connectivity index (χ2v) is 5.53. The fourth-order valence-corrected chi connectivity index (χ4v) is 2.92. The van der Waals surface area contributed by atoms with Crippen molar-refractivity contribution in [2.45, 2.75) is 13.8 Å². The Morgan fingerprint density at radius 3 is 2.20 bits per heavy atom. The van der Waals surface area contributed by atoms with Gasteiger partial charge in [0, 0.05) is 0 Å². The van der Waals surface area contributed by atoms with Gasteiger partial charge in [-0.25, -0.2) is 0 Å². The second-order valence-electron chi connectivity index (χ2n) is 5.53. The third kappa shape index (κ3) is 1.61. The van der Waals surface area contributed by atoms with Gasteiger partial charge < -0.3 is 0 Å². The number of hydrogen-bond acceptors (Lipinski definition) is 0. The third-order valence-electron chi connectivity index (χ3n) is 4.19. The molecule has 0 unspecified atom stereocenters. The molecule has 0 heteroatoms. The molecule has 20 heavy (non-hydrogen) atoms. The highest BCUT2D eigenvalue weighted by Crippen LogP contribution is 2.30. The molecular weight excluding hydrogens is 240 g/mol. The molecule has 0 saturated carbocycles. The van der Waals surface area contributed by atoms with Gasteiger partial charge in [0.2, 0.25) is 0 Å². The summed E-state index contributed by atoms with van der Waals surface area (Å²) in [5, 5.41) is 7.68. The highest BCUT2D eigenvalue weighted by atomic mass is 14.1. The van der Waals surface area contributed by atoms with Crippen LogP contribution in [-0.4, -0.2) is 0 Å². The van der Waals surface area contributed by atoms with Crippen LogP contribution in [0.4, 0.5) is 0 Å². The van der Waals surface area contributed by atoms with Gasteiger partial charge in [-0.1, -0.05) is 42.5 Å². The Bertz CT molecular complexity index is 962. The van der Waals surface area contributed by atoms with Crippen molar-refractivity contribution in [1.82, 2.24) is 0 Å². The molecule has 0 aliphatic carbocycles. The van der Waals surface area contributed by atoms with Gasteiger partial charge in [0.15, 0.2) is 0 Å². The summed E-state index contributed by atoms with van der Waals surface area (Å²) >= 11 is 0. The minimum absolute atomic E-state index is 1.23. The van der Waals surface area contributed by atoms with Gasteiger partial charge in [0.05, 0.1) is 0 Å². The molecule has 0 bridgehead atoms. The van der Waals surface area contributed by atoms with E-state index in [-0.39, 0.29) is 0 Å². The van der Waals surface area contributed by atoms with E-state index in [0.717, 1.165) is 0 Å². The lowest BCUT2D eigenvalue weighted by molar-refractivity contribution is 1.36. The first-order chi connectivity index (χ1) is 9.72. The minimum atomic E-state index is 1.23. The van der Waals surface area contributed by atoms with Gasteiger partial charge >= 0.3 is 0 Å². The molecular formula is C20H15. The molecule has 4 aromatic rings. The first-order valence-corrected chi connectivity index (χ1v) is 6.97. The molecule has 4 aromatic carbocycles. The Balaban J connectivity index is 2.22. The van der Waals surface area contributed by atoms with Crippen molar-refractivity contribution < 1.29 is 0 Å². The molecule has 95 valence electrons. The van der Waals surface area contributed by atoms with Crippen molar-refractivity contribution in [2.75, 3.05) is 0 Å². The first-order valence-electron chi connectivity index (χ1n) is 6.97. The molecule has 0 aliphatic rings. The van der Waals surface area contributed by atoms with Crippen LogP contribution in [0.25, 0.3) is 32.3 Å². The summed E-state index contributed by atoms with van der Waals surface area (Å²) in [4.78, 5) is 0. The lowest BCUT2D eigenvalue weighted by Crippen LogP contribution is -1.85. The second kappa shape index (κ2) is 4.08. The summed E-state index contributed by atoms with van der Waals surface area (Å²) in [5.41, 5.74) is 2.54. The van der Waals surface area contributed by atoms with Crippen LogP contribution in [0.5, 0.6) is 0 Å². The molecule has 0 nitrogen and oxygen atoms in total. The molecule has 0 amide bonds. The SMILES string of the molecule is Cc1[c]c2c(ccc3cc4ccccc4cc32)cc1C.